The van der Waals surface area contributed by atoms with Gasteiger partial charge in [0.15, 0.2) is 0 Å². The summed E-state index contributed by atoms with van der Waals surface area (Å²) >= 11 is 6.13. The Morgan fingerprint density at radius 1 is 1.16 bits per heavy atom. The van der Waals surface area contributed by atoms with Gasteiger partial charge in [-0.3, -0.25) is 9.69 Å². The fourth-order valence-electron chi connectivity index (χ4n) is 4.49. The highest BCUT2D eigenvalue weighted by Crippen LogP contribution is 2.32. The summed E-state index contributed by atoms with van der Waals surface area (Å²) in [4.78, 5) is 15.5. The minimum Gasteiger partial charge on any atom is -0.497 e. The van der Waals surface area contributed by atoms with Crippen molar-refractivity contribution < 1.29 is 19.0 Å². The third-order valence-corrected chi connectivity index (χ3v) is 6.42. The zero-order valence-corrected chi connectivity index (χ0v) is 18.5. The number of piperidine rings is 1. The lowest BCUT2D eigenvalue weighted by atomic mass is 9.89. The second-order valence-electron chi connectivity index (χ2n) is 8.08. The Labute approximate surface area is 187 Å². The molecule has 2 aromatic rings. The molecule has 7 nitrogen and oxygen atoms in total. The monoisotopic (exact) mass is 445 g/mol. The molecule has 2 heterocycles. The number of carbonyl (C=O) groups excluding carboxylic acids is 1. The number of fused-ring (bicyclic) bond motifs is 2. The molecule has 2 fully saturated rings. The zero-order valence-electron chi connectivity index (χ0n) is 17.8. The second-order valence-corrected chi connectivity index (χ2v) is 8.49. The van der Waals surface area contributed by atoms with Crippen molar-refractivity contribution in [2.75, 3.05) is 33.2 Å². The Hall–Kier alpha value is -2.48. The van der Waals surface area contributed by atoms with Crippen molar-refractivity contribution in [1.29, 1.82) is 0 Å². The van der Waals surface area contributed by atoms with Crippen molar-refractivity contribution in [3.05, 3.63) is 52.5 Å². The number of halogens is 1. The Bertz CT molecular complexity index is 923. The molecule has 0 saturated carbocycles. The van der Waals surface area contributed by atoms with Crippen LogP contribution in [0, 0.1) is 0 Å². The van der Waals surface area contributed by atoms with Gasteiger partial charge in [0.1, 0.15) is 11.5 Å². The SMILES string of the molecule is COc1ccc(CN2C3COCC2CC(NC(=O)c2cc(Cl)c(N)cc2OC)C3)cc1. The first-order valence-electron chi connectivity index (χ1n) is 10.4. The van der Waals surface area contributed by atoms with Gasteiger partial charge in [-0.05, 0) is 36.6 Å². The average Bonchev–Trinajstić information content (AvgIpc) is 2.76. The molecule has 0 aromatic heterocycles. The van der Waals surface area contributed by atoms with Crippen LogP contribution in [0.25, 0.3) is 0 Å². The van der Waals surface area contributed by atoms with Gasteiger partial charge in [-0.15, -0.1) is 0 Å². The minimum atomic E-state index is -0.202. The van der Waals surface area contributed by atoms with Crippen molar-refractivity contribution in [3.63, 3.8) is 0 Å². The number of carbonyl (C=O) groups is 1. The summed E-state index contributed by atoms with van der Waals surface area (Å²) < 4.78 is 16.4. The number of morpholine rings is 1. The molecule has 4 rings (SSSR count). The van der Waals surface area contributed by atoms with Crippen LogP contribution in [-0.4, -0.2) is 56.4 Å². The van der Waals surface area contributed by atoms with Crippen molar-refractivity contribution in [3.8, 4) is 11.5 Å². The normalized spacial score (nSPS) is 23.3. The number of methoxy groups -OCH3 is 2. The number of hydrogen-bond acceptors (Lipinski definition) is 6. The van der Waals surface area contributed by atoms with Gasteiger partial charge in [-0.2, -0.15) is 0 Å². The van der Waals surface area contributed by atoms with E-state index in [1.54, 1.807) is 19.2 Å². The van der Waals surface area contributed by atoms with Crippen LogP contribution < -0.4 is 20.5 Å². The number of anilines is 1. The summed E-state index contributed by atoms with van der Waals surface area (Å²) in [5.41, 5.74) is 7.85. The first-order valence-corrected chi connectivity index (χ1v) is 10.8. The topological polar surface area (TPSA) is 86.1 Å². The van der Waals surface area contributed by atoms with Gasteiger partial charge < -0.3 is 25.3 Å². The van der Waals surface area contributed by atoms with Crippen LogP contribution in [0.4, 0.5) is 5.69 Å². The maximum atomic E-state index is 13.0. The zero-order chi connectivity index (χ0) is 22.0. The molecule has 2 aromatic carbocycles. The van der Waals surface area contributed by atoms with Gasteiger partial charge >= 0.3 is 0 Å². The summed E-state index contributed by atoms with van der Waals surface area (Å²) in [5, 5.41) is 3.51. The van der Waals surface area contributed by atoms with Crippen LogP contribution in [-0.2, 0) is 11.3 Å². The Morgan fingerprint density at radius 3 is 2.45 bits per heavy atom. The van der Waals surface area contributed by atoms with E-state index < -0.39 is 0 Å². The van der Waals surface area contributed by atoms with E-state index in [1.807, 2.05) is 12.1 Å². The number of nitrogens with one attached hydrogen (secondary N) is 1. The smallest absolute Gasteiger partial charge is 0.255 e. The predicted molar refractivity (Wildman–Crippen MR) is 120 cm³/mol. The first kappa shape index (κ1) is 21.7. The van der Waals surface area contributed by atoms with E-state index in [0.717, 1.165) is 25.1 Å². The van der Waals surface area contributed by atoms with Crippen molar-refractivity contribution in [2.24, 2.45) is 0 Å². The van der Waals surface area contributed by atoms with Crippen LogP contribution in [0.5, 0.6) is 11.5 Å². The molecule has 3 N–H and O–H groups in total. The molecule has 1 amide bonds. The lowest BCUT2D eigenvalue weighted by Crippen LogP contribution is -2.60. The number of ether oxygens (including phenoxy) is 3. The van der Waals surface area contributed by atoms with Crippen molar-refractivity contribution >= 4 is 23.2 Å². The van der Waals surface area contributed by atoms with E-state index in [-0.39, 0.29) is 24.0 Å². The summed E-state index contributed by atoms with van der Waals surface area (Å²) in [5.74, 6) is 1.07. The number of benzene rings is 2. The number of amides is 1. The van der Waals surface area contributed by atoms with Gasteiger partial charge in [-0.1, -0.05) is 23.7 Å². The first-order chi connectivity index (χ1) is 15.0. The van der Waals surface area contributed by atoms with Gasteiger partial charge in [0.25, 0.3) is 5.91 Å². The number of rotatable bonds is 6. The molecule has 2 bridgehead atoms. The largest absolute Gasteiger partial charge is 0.497 e. The Balaban J connectivity index is 1.44. The standard InChI is InChI=1S/C23H28ClN3O4/c1-29-18-5-3-14(4-6-18)11-27-16-7-15(8-17(27)13-31-12-16)26-23(28)19-9-20(24)21(25)10-22(19)30-2/h3-6,9-10,15-17H,7-8,11-13,25H2,1-2H3,(H,26,28). The van der Waals surface area contributed by atoms with Crippen LogP contribution >= 0.6 is 11.6 Å². The summed E-state index contributed by atoms with van der Waals surface area (Å²) in [7, 11) is 3.18. The van der Waals surface area contributed by atoms with Crippen LogP contribution in [0.1, 0.15) is 28.8 Å². The predicted octanol–water partition coefficient (Wildman–Crippen LogP) is 3.10. The molecule has 0 aliphatic carbocycles. The highest BCUT2D eigenvalue weighted by molar-refractivity contribution is 6.33. The van der Waals surface area contributed by atoms with E-state index in [4.69, 9.17) is 31.5 Å². The van der Waals surface area contributed by atoms with Gasteiger partial charge in [-0.25, -0.2) is 0 Å². The molecule has 2 aliphatic heterocycles. The maximum absolute atomic E-state index is 13.0. The van der Waals surface area contributed by atoms with Crippen molar-refractivity contribution in [2.45, 2.75) is 37.5 Å². The average molecular weight is 446 g/mol. The number of nitrogens with two attached hydrogens (primary N) is 1. The van der Waals surface area contributed by atoms with Crippen LogP contribution in [0.15, 0.2) is 36.4 Å². The highest BCUT2D eigenvalue weighted by Gasteiger charge is 2.39. The van der Waals surface area contributed by atoms with E-state index >= 15 is 0 Å². The highest BCUT2D eigenvalue weighted by atomic mass is 35.5. The molecule has 166 valence electrons. The Kier molecular flexibility index (Phi) is 6.55. The van der Waals surface area contributed by atoms with Gasteiger partial charge in [0.05, 0.1) is 43.7 Å². The lowest BCUT2D eigenvalue weighted by molar-refractivity contribution is -0.0843. The van der Waals surface area contributed by atoms with E-state index in [2.05, 4.69) is 22.3 Å². The molecule has 2 atom stereocenters. The molecule has 0 radical (unpaired) electrons. The number of hydrogen-bond donors (Lipinski definition) is 2. The fourth-order valence-corrected chi connectivity index (χ4v) is 4.65. The number of nitrogens with zero attached hydrogens (tertiary/aromatic N) is 1. The molecule has 2 unspecified atom stereocenters. The third-order valence-electron chi connectivity index (χ3n) is 6.09. The molecule has 31 heavy (non-hydrogen) atoms. The molecular weight excluding hydrogens is 418 g/mol. The van der Waals surface area contributed by atoms with E-state index in [1.165, 1.54) is 12.7 Å². The van der Waals surface area contributed by atoms with Gasteiger partial charge in [0.2, 0.25) is 0 Å². The molecule has 2 saturated heterocycles. The number of nitrogen functional groups attached to an aromatic ring is 1. The van der Waals surface area contributed by atoms with E-state index in [0.29, 0.717) is 35.2 Å². The maximum Gasteiger partial charge on any atom is 0.255 e. The molecule has 8 heteroatoms. The minimum absolute atomic E-state index is 0.0551. The van der Waals surface area contributed by atoms with Gasteiger partial charge in [0, 0.05) is 30.7 Å². The lowest BCUT2D eigenvalue weighted by Gasteiger charge is -2.48. The fraction of sp³-hybridized carbons (Fsp3) is 0.435. The Morgan fingerprint density at radius 2 is 1.84 bits per heavy atom. The van der Waals surface area contributed by atoms with E-state index in [9.17, 15) is 4.79 Å². The molecule has 0 spiro atoms. The quantitative estimate of drug-likeness (QED) is 0.664. The van der Waals surface area contributed by atoms with Crippen LogP contribution in [0.2, 0.25) is 5.02 Å². The summed E-state index contributed by atoms with van der Waals surface area (Å²) in [6, 6.07) is 11.9. The summed E-state index contributed by atoms with van der Waals surface area (Å²) in [6.07, 6.45) is 1.65. The third kappa shape index (κ3) is 4.74. The van der Waals surface area contributed by atoms with Crippen molar-refractivity contribution in [1.82, 2.24) is 10.2 Å². The molecule has 2 aliphatic rings. The summed E-state index contributed by atoms with van der Waals surface area (Å²) in [6.45, 7) is 2.18. The van der Waals surface area contributed by atoms with Crippen LogP contribution in [0.3, 0.4) is 0 Å². The second kappa shape index (κ2) is 9.34. The molecular formula is C23H28ClN3O4.